The van der Waals surface area contributed by atoms with Crippen LogP contribution in [0.2, 0.25) is 0 Å². The number of hydrogen-bond donors (Lipinski definition) is 1. The highest BCUT2D eigenvalue weighted by Crippen LogP contribution is 2.33. The molecule has 31 heavy (non-hydrogen) atoms. The van der Waals surface area contributed by atoms with E-state index in [0.717, 1.165) is 47.8 Å². The van der Waals surface area contributed by atoms with Crippen LogP contribution in [0.3, 0.4) is 0 Å². The Morgan fingerprint density at radius 2 is 1.39 bits per heavy atom. The number of carbonyl (C=O) groups excluding carboxylic acids is 1. The Bertz CT molecular complexity index is 1030. The lowest BCUT2D eigenvalue weighted by molar-refractivity contribution is 0.0600. The number of carbonyl (C=O) groups is 1. The van der Waals surface area contributed by atoms with E-state index in [1.165, 1.54) is 12.7 Å². The molecule has 160 valence electrons. The molecule has 0 bridgehead atoms. The second kappa shape index (κ2) is 9.64. The molecule has 0 spiro atoms. The molecule has 0 fully saturated rings. The number of benzene rings is 3. The number of esters is 1. The third-order valence-electron chi connectivity index (χ3n) is 5.29. The Morgan fingerprint density at radius 1 is 0.839 bits per heavy atom. The average Bonchev–Trinajstić information content (AvgIpc) is 3.27. The lowest BCUT2D eigenvalue weighted by atomic mass is 10.1. The van der Waals surface area contributed by atoms with E-state index in [1.54, 1.807) is 12.1 Å². The molecule has 1 aliphatic heterocycles. The zero-order valence-corrected chi connectivity index (χ0v) is 17.5. The van der Waals surface area contributed by atoms with Crippen molar-refractivity contribution in [3.63, 3.8) is 0 Å². The van der Waals surface area contributed by atoms with Gasteiger partial charge in [-0.2, -0.15) is 0 Å². The first kappa shape index (κ1) is 20.9. The molecule has 0 amide bonds. The molecule has 0 aromatic heterocycles. The Balaban J connectivity index is 1.53. The Hall–Kier alpha value is -3.35. The van der Waals surface area contributed by atoms with E-state index in [0.29, 0.717) is 12.1 Å². The SMILES string of the molecule is COC(=O)c1ccc(CN(Cc2ccc(CN)cc2)Cc2ccc3c(c2)OCO3)cc1. The van der Waals surface area contributed by atoms with E-state index in [2.05, 4.69) is 35.2 Å². The second-order valence-electron chi connectivity index (χ2n) is 7.54. The van der Waals surface area contributed by atoms with Crippen LogP contribution in [-0.2, 0) is 30.9 Å². The monoisotopic (exact) mass is 418 g/mol. The van der Waals surface area contributed by atoms with Gasteiger partial charge < -0.3 is 19.9 Å². The van der Waals surface area contributed by atoms with Gasteiger partial charge in [-0.1, -0.05) is 42.5 Å². The minimum absolute atomic E-state index is 0.266. The van der Waals surface area contributed by atoms with Crippen molar-refractivity contribution in [1.29, 1.82) is 0 Å². The molecule has 0 aliphatic carbocycles. The van der Waals surface area contributed by atoms with Crippen LogP contribution in [0.1, 0.15) is 32.6 Å². The number of methoxy groups -OCH3 is 1. The Morgan fingerprint density at radius 3 is 2.03 bits per heavy atom. The van der Waals surface area contributed by atoms with Crippen molar-refractivity contribution in [3.8, 4) is 11.5 Å². The predicted molar refractivity (Wildman–Crippen MR) is 118 cm³/mol. The summed E-state index contributed by atoms with van der Waals surface area (Å²) in [5.74, 6) is 1.24. The molecule has 3 aromatic carbocycles. The van der Waals surface area contributed by atoms with E-state index in [-0.39, 0.29) is 12.8 Å². The standard InChI is InChI=1S/C25H26N2O4/c1-29-25(28)22-9-6-20(7-10-22)15-27(14-19-4-2-18(13-26)3-5-19)16-21-8-11-23-24(12-21)31-17-30-23/h2-12H,13-17,26H2,1H3. The lowest BCUT2D eigenvalue weighted by Crippen LogP contribution is -2.22. The summed E-state index contributed by atoms with van der Waals surface area (Å²) in [4.78, 5) is 14.1. The van der Waals surface area contributed by atoms with Gasteiger partial charge in [0.25, 0.3) is 0 Å². The van der Waals surface area contributed by atoms with Crippen LogP contribution in [0.15, 0.2) is 66.7 Å². The van der Waals surface area contributed by atoms with Gasteiger partial charge in [0.1, 0.15) is 0 Å². The van der Waals surface area contributed by atoms with Crippen LogP contribution in [0, 0.1) is 0 Å². The van der Waals surface area contributed by atoms with Gasteiger partial charge in [0.15, 0.2) is 11.5 Å². The number of hydrogen-bond acceptors (Lipinski definition) is 6. The highest BCUT2D eigenvalue weighted by atomic mass is 16.7. The van der Waals surface area contributed by atoms with Gasteiger partial charge in [-0.25, -0.2) is 4.79 Å². The van der Waals surface area contributed by atoms with Gasteiger partial charge in [0.2, 0.25) is 6.79 Å². The highest BCUT2D eigenvalue weighted by Gasteiger charge is 2.15. The normalized spacial score (nSPS) is 12.2. The molecule has 6 nitrogen and oxygen atoms in total. The molecular weight excluding hydrogens is 392 g/mol. The Labute approximate surface area is 182 Å². The first-order valence-corrected chi connectivity index (χ1v) is 10.2. The first-order valence-electron chi connectivity index (χ1n) is 10.2. The molecular formula is C25H26N2O4. The van der Waals surface area contributed by atoms with Crippen LogP contribution >= 0.6 is 0 Å². The number of fused-ring (bicyclic) bond motifs is 1. The summed E-state index contributed by atoms with van der Waals surface area (Å²) in [5, 5.41) is 0. The van der Waals surface area contributed by atoms with Gasteiger partial charge >= 0.3 is 5.97 Å². The van der Waals surface area contributed by atoms with Crippen molar-refractivity contribution < 1.29 is 19.0 Å². The van der Waals surface area contributed by atoms with Crippen molar-refractivity contribution in [2.24, 2.45) is 5.73 Å². The summed E-state index contributed by atoms with van der Waals surface area (Å²) in [7, 11) is 1.39. The van der Waals surface area contributed by atoms with E-state index in [1.807, 2.05) is 24.3 Å². The summed E-state index contributed by atoms with van der Waals surface area (Å²) in [6, 6.07) is 22.0. The lowest BCUT2D eigenvalue weighted by Gasteiger charge is -2.23. The fraction of sp³-hybridized carbons (Fsp3) is 0.240. The number of nitrogens with zero attached hydrogens (tertiary/aromatic N) is 1. The largest absolute Gasteiger partial charge is 0.465 e. The summed E-state index contributed by atoms with van der Waals surface area (Å²) in [5.41, 5.74) is 10.9. The molecule has 0 unspecified atom stereocenters. The molecule has 4 rings (SSSR count). The first-order chi connectivity index (χ1) is 15.1. The molecule has 3 aromatic rings. The van der Waals surface area contributed by atoms with Crippen LogP contribution in [0.25, 0.3) is 0 Å². The zero-order valence-electron chi connectivity index (χ0n) is 17.5. The van der Waals surface area contributed by atoms with E-state index >= 15 is 0 Å². The third-order valence-corrected chi connectivity index (χ3v) is 5.29. The average molecular weight is 418 g/mol. The minimum atomic E-state index is -0.330. The molecule has 0 radical (unpaired) electrons. The number of nitrogens with two attached hydrogens (primary N) is 1. The summed E-state index contributed by atoms with van der Waals surface area (Å²) in [6.45, 7) is 3.05. The minimum Gasteiger partial charge on any atom is -0.465 e. The quantitative estimate of drug-likeness (QED) is 0.560. The molecule has 0 saturated heterocycles. The van der Waals surface area contributed by atoms with Crippen LogP contribution in [0.4, 0.5) is 0 Å². The summed E-state index contributed by atoms with van der Waals surface area (Å²) < 4.78 is 15.8. The van der Waals surface area contributed by atoms with Gasteiger partial charge in [0.05, 0.1) is 12.7 Å². The maximum absolute atomic E-state index is 11.7. The third kappa shape index (κ3) is 5.23. The molecule has 0 atom stereocenters. The van der Waals surface area contributed by atoms with Crippen molar-refractivity contribution in [1.82, 2.24) is 4.90 Å². The second-order valence-corrected chi connectivity index (χ2v) is 7.54. The maximum Gasteiger partial charge on any atom is 0.337 e. The fourth-order valence-electron chi connectivity index (χ4n) is 3.63. The summed E-state index contributed by atoms with van der Waals surface area (Å²) >= 11 is 0. The molecule has 6 heteroatoms. The topological polar surface area (TPSA) is 74.0 Å². The molecule has 1 heterocycles. The van der Waals surface area contributed by atoms with Crippen molar-refractivity contribution in [2.75, 3.05) is 13.9 Å². The zero-order chi connectivity index (χ0) is 21.6. The van der Waals surface area contributed by atoms with E-state index in [4.69, 9.17) is 19.9 Å². The number of ether oxygens (including phenoxy) is 3. The van der Waals surface area contributed by atoms with Crippen molar-refractivity contribution >= 4 is 5.97 Å². The van der Waals surface area contributed by atoms with Gasteiger partial charge in [0, 0.05) is 26.2 Å². The van der Waals surface area contributed by atoms with Gasteiger partial charge in [-0.15, -0.1) is 0 Å². The molecule has 1 aliphatic rings. The van der Waals surface area contributed by atoms with E-state index in [9.17, 15) is 4.79 Å². The Kier molecular flexibility index (Phi) is 6.50. The molecule has 2 N–H and O–H groups in total. The van der Waals surface area contributed by atoms with E-state index < -0.39 is 0 Å². The number of rotatable bonds is 8. The van der Waals surface area contributed by atoms with Crippen molar-refractivity contribution in [3.05, 3.63) is 94.5 Å². The highest BCUT2D eigenvalue weighted by molar-refractivity contribution is 5.89. The summed E-state index contributed by atoms with van der Waals surface area (Å²) in [6.07, 6.45) is 0. The fourth-order valence-corrected chi connectivity index (χ4v) is 3.63. The van der Waals surface area contributed by atoms with Crippen molar-refractivity contribution in [2.45, 2.75) is 26.2 Å². The van der Waals surface area contributed by atoms with Gasteiger partial charge in [-0.05, 0) is 46.5 Å². The smallest absolute Gasteiger partial charge is 0.337 e. The van der Waals surface area contributed by atoms with Crippen LogP contribution in [0.5, 0.6) is 11.5 Å². The van der Waals surface area contributed by atoms with Crippen LogP contribution in [-0.4, -0.2) is 24.8 Å². The molecule has 0 saturated carbocycles. The maximum atomic E-state index is 11.7. The predicted octanol–water partition coefficient (Wildman–Crippen LogP) is 3.86. The van der Waals surface area contributed by atoms with Crippen LogP contribution < -0.4 is 15.2 Å². The van der Waals surface area contributed by atoms with Gasteiger partial charge in [-0.3, -0.25) is 4.90 Å².